The second kappa shape index (κ2) is 13.4. The third-order valence-corrected chi connectivity index (χ3v) is 7.48. The van der Waals surface area contributed by atoms with Gasteiger partial charge in [-0.3, -0.25) is 4.89 Å². The van der Waals surface area contributed by atoms with Crippen LogP contribution in [0.15, 0.2) is 0 Å². The van der Waals surface area contributed by atoms with E-state index in [1.165, 1.54) is 70.6 Å². The monoisotopic (exact) mass is 289 g/mol. The van der Waals surface area contributed by atoms with Gasteiger partial charge in [-0.15, -0.1) is 0 Å². The molecule has 0 unspecified atom stereocenters. The highest BCUT2D eigenvalue weighted by Gasteiger charge is 2.33. The average Bonchev–Trinajstić information content (AvgIpc) is 2.39. The van der Waals surface area contributed by atoms with Gasteiger partial charge in [0.15, 0.2) is 0 Å². The summed E-state index contributed by atoms with van der Waals surface area (Å²) in [6.45, 7) is 6.76. The Morgan fingerprint density at radius 2 is 0.842 bits per heavy atom. The van der Waals surface area contributed by atoms with Gasteiger partial charge in [-0.1, -0.05) is 65.7 Å². The summed E-state index contributed by atoms with van der Waals surface area (Å²) in [5, 5.41) is 0. The van der Waals surface area contributed by atoms with E-state index < -0.39 is 7.49 Å². The van der Waals surface area contributed by atoms with Crippen LogP contribution in [0.2, 0.25) is 0 Å². The molecule has 2 heteroatoms. The summed E-state index contributed by atoms with van der Waals surface area (Å²) in [4.78, 5) is 10.9. The van der Waals surface area contributed by atoms with Crippen LogP contribution in [0.5, 0.6) is 0 Å². The van der Waals surface area contributed by atoms with Crippen molar-refractivity contribution in [1.82, 2.24) is 0 Å². The Morgan fingerprint density at radius 3 is 1.26 bits per heavy atom. The smallest absolute Gasteiger partial charge is 0.142 e. The molecule has 1 nitrogen and oxygen atoms in total. The van der Waals surface area contributed by atoms with Crippen LogP contribution in [-0.4, -0.2) is 23.4 Å². The third kappa shape index (κ3) is 11.9. The molecule has 0 bridgehead atoms. The van der Waals surface area contributed by atoms with Gasteiger partial charge in [-0.05, 0) is 25.7 Å². The maximum absolute atomic E-state index is 10.9. The average molecular weight is 289 g/mol. The van der Waals surface area contributed by atoms with Crippen LogP contribution < -0.4 is 0 Å². The zero-order valence-corrected chi connectivity index (χ0v) is 14.7. The molecule has 0 fully saturated rings. The lowest BCUT2D eigenvalue weighted by atomic mass is 10.2. The molecule has 0 atom stereocenters. The second-order valence-corrected chi connectivity index (χ2v) is 9.63. The highest BCUT2D eigenvalue weighted by molar-refractivity contribution is 7.70. The van der Waals surface area contributed by atoms with E-state index >= 15 is 0 Å². The van der Waals surface area contributed by atoms with Crippen molar-refractivity contribution >= 4 is 7.49 Å². The first-order chi connectivity index (χ1) is 9.18. The summed E-state index contributed by atoms with van der Waals surface area (Å²) in [6, 6.07) is 0. The lowest BCUT2D eigenvalue weighted by Gasteiger charge is -2.20. The quantitative estimate of drug-likeness (QED) is 0.295. The van der Waals surface area contributed by atoms with E-state index in [1.807, 2.05) is 0 Å². The fourth-order valence-corrected chi connectivity index (χ4v) is 5.76. The summed E-state index contributed by atoms with van der Waals surface area (Å²) in [5.74, 6) is 0. The van der Waals surface area contributed by atoms with Gasteiger partial charge in [-0.25, -0.2) is 0 Å². The van der Waals surface area contributed by atoms with Crippen molar-refractivity contribution in [2.75, 3.05) is 18.5 Å². The normalized spacial score (nSPS) is 12.0. The number of rotatable bonds is 14. The van der Waals surface area contributed by atoms with Crippen molar-refractivity contribution in [3.05, 3.63) is 0 Å². The van der Waals surface area contributed by atoms with Crippen molar-refractivity contribution in [3.63, 3.8) is 0 Å². The van der Waals surface area contributed by atoms with Gasteiger partial charge in [-0.2, -0.15) is 0 Å². The van der Waals surface area contributed by atoms with Gasteiger partial charge in [0.25, 0.3) is 0 Å². The van der Waals surface area contributed by atoms with Crippen LogP contribution in [0.1, 0.15) is 91.4 Å². The molecule has 0 aliphatic rings. The van der Waals surface area contributed by atoms with Crippen LogP contribution in [0.4, 0.5) is 0 Å². The fourth-order valence-electron chi connectivity index (χ4n) is 2.66. The van der Waals surface area contributed by atoms with E-state index in [0.29, 0.717) is 0 Å². The van der Waals surface area contributed by atoms with E-state index in [2.05, 4.69) is 20.8 Å². The maximum Gasteiger partial charge on any atom is 0.142 e. The molecule has 1 N–H and O–H groups in total. The number of hydrogen-bond donors (Lipinski definition) is 1. The SMILES string of the molecule is CCCCCCC[P+](O)(CCCCC)CCCCC. The molecule has 0 aliphatic heterocycles. The Labute approximate surface area is 123 Å². The predicted octanol–water partition coefficient (Wildman–Crippen LogP) is 6.26. The largest absolute Gasteiger partial charge is 0.252 e. The molecular weight excluding hydrogens is 251 g/mol. The van der Waals surface area contributed by atoms with E-state index in [9.17, 15) is 4.89 Å². The van der Waals surface area contributed by atoms with Gasteiger partial charge in [0.05, 0.1) is 18.5 Å². The van der Waals surface area contributed by atoms with Crippen molar-refractivity contribution in [2.45, 2.75) is 91.4 Å². The van der Waals surface area contributed by atoms with Crippen molar-refractivity contribution < 1.29 is 4.89 Å². The Hall–Kier alpha value is 0.390. The topological polar surface area (TPSA) is 20.2 Å². The van der Waals surface area contributed by atoms with Crippen LogP contribution in [0, 0.1) is 0 Å². The molecule has 0 saturated carbocycles. The Bertz CT molecular complexity index is 172. The molecule has 0 amide bonds. The molecule has 0 radical (unpaired) electrons. The molecule has 0 aromatic rings. The zero-order valence-electron chi connectivity index (χ0n) is 13.8. The van der Waals surface area contributed by atoms with Gasteiger partial charge < -0.3 is 0 Å². The third-order valence-electron chi connectivity index (χ3n) is 4.03. The van der Waals surface area contributed by atoms with Crippen LogP contribution in [-0.2, 0) is 0 Å². The molecular formula is C17H38OP+. The highest BCUT2D eigenvalue weighted by Crippen LogP contribution is 2.56. The number of hydrogen-bond acceptors (Lipinski definition) is 1. The molecule has 0 spiro atoms. The first kappa shape index (κ1) is 19.4. The second-order valence-electron chi connectivity index (χ2n) is 6.09. The summed E-state index contributed by atoms with van der Waals surface area (Å²) in [6.07, 6.45) is 17.7. The molecule has 0 heterocycles. The van der Waals surface area contributed by atoms with E-state index in [1.54, 1.807) is 0 Å². The van der Waals surface area contributed by atoms with Crippen molar-refractivity contribution in [2.24, 2.45) is 0 Å². The minimum atomic E-state index is -1.58. The van der Waals surface area contributed by atoms with Gasteiger partial charge in [0.2, 0.25) is 0 Å². The summed E-state index contributed by atoms with van der Waals surface area (Å²) < 4.78 is 0. The van der Waals surface area contributed by atoms with E-state index in [0.717, 1.165) is 18.5 Å². The lowest BCUT2D eigenvalue weighted by Crippen LogP contribution is -2.08. The molecule has 0 saturated heterocycles. The Morgan fingerprint density at radius 1 is 0.526 bits per heavy atom. The number of unbranched alkanes of at least 4 members (excludes halogenated alkanes) is 8. The summed E-state index contributed by atoms with van der Waals surface area (Å²) in [7, 11) is -1.58. The lowest BCUT2D eigenvalue weighted by molar-refractivity contribution is 0.570. The summed E-state index contributed by atoms with van der Waals surface area (Å²) in [5.41, 5.74) is 0. The molecule has 0 aliphatic carbocycles. The van der Waals surface area contributed by atoms with Crippen LogP contribution >= 0.6 is 7.49 Å². The Balaban J connectivity index is 3.92. The minimum Gasteiger partial charge on any atom is -0.252 e. The fraction of sp³-hybridized carbons (Fsp3) is 1.00. The molecule has 0 rings (SSSR count). The maximum atomic E-state index is 10.9. The predicted molar refractivity (Wildman–Crippen MR) is 91.5 cm³/mol. The molecule has 19 heavy (non-hydrogen) atoms. The minimum absolute atomic E-state index is 1.14. The van der Waals surface area contributed by atoms with Gasteiger partial charge in [0, 0.05) is 0 Å². The highest BCUT2D eigenvalue weighted by atomic mass is 31.2. The molecule has 0 aromatic carbocycles. The Kier molecular flexibility index (Phi) is 13.7. The molecule has 116 valence electrons. The van der Waals surface area contributed by atoms with E-state index in [4.69, 9.17) is 0 Å². The first-order valence-corrected chi connectivity index (χ1v) is 11.1. The molecule has 0 aromatic heterocycles. The first-order valence-electron chi connectivity index (χ1n) is 8.77. The zero-order chi connectivity index (χ0) is 14.4. The van der Waals surface area contributed by atoms with Crippen molar-refractivity contribution in [1.29, 1.82) is 0 Å². The van der Waals surface area contributed by atoms with Crippen LogP contribution in [0.3, 0.4) is 0 Å². The summed E-state index contributed by atoms with van der Waals surface area (Å²) >= 11 is 0. The van der Waals surface area contributed by atoms with E-state index in [-0.39, 0.29) is 0 Å². The van der Waals surface area contributed by atoms with Crippen molar-refractivity contribution in [3.8, 4) is 0 Å². The van der Waals surface area contributed by atoms with Gasteiger partial charge in [0.1, 0.15) is 7.49 Å². The van der Waals surface area contributed by atoms with Gasteiger partial charge >= 0.3 is 0 Å². The standard InChI is InChI=1S/C17H38OP/c1-4-7-10-11-14-17-19(18,15-12-8-5-2)16-13-9-6-3/h18H,4-17H2,1-3H3/q+1. The van der Waals surface area contributed by atoms with Crippen LogP contribution in [0.25, 0.3) is 0 Å².